The summed E-state index contributed by atoms with van der Waals surface area (Å²) in [6.45, 7) is 1.18. The van der Waals surface area contributed by atoms with Gasteiger partial charge in [0, 0.05) is 24.4 Å². The van der Waals surface area contributed by atoms with Crippen molar-refractivity contribution in [3.63, 3.8) is 0 Å². The Labute approximate surface area is 119 Å². The summed E-state index contributed by atoms with van der Waals surface area (Å²) >= 11 is 1.65. The zero-order valence-corrected chi connectivity index (χ0v) is 12.8. The number of piperidine rings is 1. The molecule has 0 spiro atoms. The molecule has 0 radical (unpaired) electrons. The van der Waals surface area contributed by atoms with Gasteiger partial charge in [-0.15, -0.1) is 11.3 Å². The largest absolute Gasteiger partial charge is 0.393 e. The van der Waals surface area contributed by atoms with Gasteiger partial charge in [-0.25, -0.2) is 12.7 Å². The molecular formula is C13H21NO3S2. The Morgan fingerprint density at radius 1 is 1.58 bits per heavy atom. The first-order valence-electron chi connectivity index (χ1n) is 6.60. The van der Waals surface area contributed by atoms with Crippen molar-refractivity contribution in [1.82, 2.24) is 4.31 Å². The van der Waals surface area contributed by atoms with E-state index in [0.29, 0.717) is 25.9 Å². The van der Waals surface area contributed by atoms with Crippen molar-refractivity contribution in [2.75, 3.05) is 19.3 Å². The molecule has 0 amide bonds. The fourth-order valence-corrected chi connectivity index (χ4v) is 4.37. The minimum Gasteiger partial charge on any atom is -0.393 e. The van der Waals surface area contributed by atoms with Gasteiger partial charge in [0.2, 0.25) is 10.0 Å². The first kappa shape index (κ1) is 15.0. The molecule has 1 aliphatic heterocycles. The Balaban J connectivity index is 1.85. The lowest BCUT2D eigenvalue weighted by Gasteiger charge is -2.31. The molecule has 2 atom stereocenters. The van der Waals surface area contributed by atoms with Gasteiger partial charge in [0.25, 0.3) is 0 Å². The summed E-state index contributed by atoms with van der Waals surface area (Å²) in [5, 5.41) is 12.1. The summed E-state index contributed by atoms with van der Waals surface area (Å²) in [7, 11) is -3.09. The molecule has 0 aliphatic carbocycles. The van der Waals surface area contributed by atoms with E-state index in [1.54, 1.807) is 15.6 Å². The average molecular weight is 303 g/mol. The monoisotopic (exact) mass is 303 g/mol. The van der Waals surface area contributed by atoms with Gasteiger partial charge in [-0.1, -0.05) is 6.07 Å². The average Bonchev–Trinajstić information content (AvgIpc) is 2.80. The van der Waals surface area contributed by atoms with E-state index < -0.39 is 10.0 Å². The third kappa shape index (κ3) is 4.56. The van der Waals surface area contributed by atoms with E-state index in [9.17, 15) is 13.5 Å². The third-order valence-corrected chi connectivity index (χ3v) is 5.74. The molecule has 108 valence electrons. The zero-order chi connectivity index (χ0) is 13.9. The molecule has 0 aromatic carbocycles. The van der Waals surface area contributed by atoms with E-state index in [1.807, 2.05) is 17.5 Å². The fourth-order valence-electron chi connectivity index (χ4n) is 2.65. The van der Waals surface area contributed by atoms with Crippen LogP contribution in [0.3, 0.4) is 0 Å². The van der Waals surface area contributed by atoms with Gasteiger partial charge in [-0.2, -0.15) is 0 Å². The van der Waals surface area contributed by atoms with E-state index in [4.69, 9.17) is 0 Å². The highest BCUT2D eigenvalue weighted by molar-refractivity contribution is 7.88. The Kier molecular flexibility index (Phi) is 5.00. The highest BCUT2D eigenvalue weighted by Gasteiger charge is 2.27. The Morgan fingerprint density at radius 2 is 2.37 bits per heavy atom. The number of sulfonamides is 1. The van der Waals surface area contributed by atoms with Gasteiger partial charge < -0.3 is 5.11 Å². The lowest BCUT2D eigenvalue weighted by Crippen LogP contribution is -2.40. The predicted molar refractivity (Wildman–Crippen MR) is 77.8 cm³/mol. The van der Waals surface area contributed by atoms with Gasteiger partial charge in [0.1, 0.15) is 0 Å². The van der Waals surface area contributed by atoms with Crippen LogP contribution >= 0.6 is 11.3 Å². The molecule has 1 fully saturated rings. The highest BCUT2D eigenvalue weighted by atomic mass is 32.2. The molecule has 0 bridgehead atoms. The molecule has 6 heteroatoms. The summed E-state index contributed by atoms with van der Waals surface area (Å²) < 4.78 is 24.6. The van der Waals surface area contributed by atoms with E-state index in [0.717, 1.165) is 12.8 Å². The quantitative estimate of drug-likeness (QED) is 0.901. The van der Waals surface area contributed by atoms with E-state index in [-0.39, 0.29) is 12.0 Å². The van der Waals surface area contributed by atoms with E-state index in [2.05, 4.69) is 0 Å². The van der Waals surface area contributed by atoms with Crippen LogP contribution in [0.5, 0.6) is 0 Å². The van der Waals surface area contributed by atoms with Crippen LogP contribution in [0.15, 0.2) is 17.5 Å². The van der Waals surface area contributed by atoms with Gasteiger partial charge in [0.15, 0.2) is 0 Å². The lowest BCUT2D eigenvalue weighted by molar-refractivity contribution is 0.122. The number of aliphatic hydroxyl groups is 1. The summed E-state index contributed by atoms with van der Waals surface area (Å²) in [6, 6.07) is 4.01. The number of aliphatic hydroxyl groups excluding tert-OH is 1. The van der Waals surface area contributed by atoms with Crippen LogP contribution in [0.4, 0.5) is 0 Å². The summed E-state index contributed by atoms with van der Waals surface area (Å²) in [4.78, 5) is 1.18. The van der Waals surface area contributed by atoms with Crippen molar-refractivity contribution >= 4 is 21.4 Å². The second-order valence-electron chi connectivity index (χ2n) is 5.30. The third-order valence-electron chi connectivity index (χ3n) is 3.57. The normalized spacial score (nSPS) is 23.4. The van der Waals surface area contributed by atoms with Crippen LogP contribution in [0.25, 0.3) is 0 Å². The number of nitrogens with zero attached hydrogens (tertiary/aromatic N) is 1. The summed E-state index contributed by atoms with van der Waals surface area (Å²) in [6.07, 6.45) is 4.15. The topological polar surface area (TPSA) is 57.6 Å². The Bertz CT molecular complexity index is 484. The molecular weight excluding hydrogens is 282 g/mol. The first-order valence-corrected chi connectivity index (χ1v) is 9.33. The number of rotatable bonds is 5. The highest BCUT2D eigenvalue weighted by Crippen LogP contribution is 2.24. The van der Waals surface area contributed by atoms with Crippen LogP contribution < -0.4 is 0 Å². The maximum atomic E-state index is 11.5. The molecule has 19 heavy (non-hydrogen) atoms. The van der Waals surface area contributed by atoms with Crippen molar-refractivity contribution in [2.45, 2.75) is 31.8 Å². The first-order chi connectivity index (χ1) is 8.95. The zero-order valence-electron chi connectivity index (χ0n) is 11.2. The van der Waals surface area contributed by atoms with Crippen LogP contribution in [0, 0.1) is 5.92 Å². The van der Waals surface area contributed by atoms with E-state index >= 15 is 0 Å². The second kappa shape index (κ2) is 6.35. The molecule has 1 aromatic rings. The van der Waals surface area contributed by atoms with Crippen molar-refractivity contribution in [1.29, 1.82) is 0 Å². The molecule has 2 heterocycles. The van der Waals surface area contributed by atoms with Crippen LogP contribution in [-0.2, 0) is 16.4 Å². The number of thiophene rings is 1. The van der Waals surface area contributed by atoms with Crippen LogP contribution in [-0.4, -0.2) is 43.3 Å². The summed E-state index contributed by atoms with van der Waals surface area (Å²) in [5.74, 6) is 0.276. The molecule has 0 saturated carbocycles. The van der Waals surface area contributed by atoms with Crippen molar-refractivity contribution in [2.24, 2.45) is 5.92 Å². The molecule has 1 aromatic heterocycles. The SMILES string of the molecule is CS(=O)(=O)N1CCCC(CC(O)Cc2cccs2)C1. The summed E-state index contributed by atoms with van der Waals surface area (Å²) in [5.41, 5.74) is 0. The predicted octanol–water partition coefficient (Wildman–Crippen LogP) is 1.71. The van der Waals surface area contributed by atoms with Gasteiger partial charge in [0.05, 0.1) is 12.4 Å². The van der Waals surface area contributed by atoms with E-state index in [1.165, 1.54) is 11.1 Å². The van der Waals surface area contributed by atoms with Crippen molar-refractivity contribution in [3.05, 3.63) is 22.4 Å². The molecule has 2 unspecified atom stereocenters. The number of hydrogen-bond donors (Lipinski definition) is 1. The van der Waals surface area contributed by atoms with Crippen LogP contribution in [0.1, 0.15) is 24.1 Å². The molecule has 2 rings (SSSR count). The van der Waals surface area contributed by atoms with Crippen LogP contribution in [0.2, 0.25) is 0 Å². The second-order valence-corrected chi connectivity index (χ2v) is 8.32. The standard InChI is InChI=1S/C13H21NO3S2/c1-19(16,17)14-6-2-4-11(10-14)8-12(15)9-13-5-3-7-18-13/h3,5,7,11-12,15H,2,4,6,8-10H2,1H3. The molecule has 4 nitrogen and oxygen atoms in total. The fraction of sp³-hybridized carbons (Fsp3) is 0.692. The smallest absolute Gasteiger partial charge is 0.211 e. The Hall–Kier alpha value is -0.430. The minimum absolute atomic E-state index is 0.276. The van der Waals surface area contributed by atoms with Gasteiger partial charge in [-0.05, 0) is 36.6 Å². The van der Waals surface area contributed by atoms with Crippen molar-refractivity contribution < 1.29 is 13.5 Å². The molecule has 1 saturated heterocycles. The van der Waals surface area contributed by atoms with Crippen molar-refractivity contribution in [3.8, 4) is 0 Å². The minimum atomic E-state index is -3.09. The maximum Gasteiger partial charge on any atom is 0.211 e. The molecule has 1 N–H and O–H groups in total. The number of hydrogen-bond acceptors (Lipinski definition) is 4. The molecule has 1 aliphatic rings. The maximum absolute atomic E-state index is 11.5. The van der Waals surface area contributed by atoms with Gasteiger partial charge in [-0.3, -0.25) is 0 Å². The lowest BCUT2D eigenvalue weighted by atomic mass is 9.92. The van der Waals surface area contributed by atoms with Gasteiger partial charge >= 0.3 is 0 Å². The Morgan fingerprint density at radius 3 is 3.00 bits per heavy atom.